The number of terminal acetylenes is 1. The first-order chi connectivity index (χ1) is 12.1. The van der Waals surface area contributed by atoms with Gasteiger partial charge in [0.05, 0.1) is 30.3 Å². The standard InChI is InChI=1S/C19H20F2N2O2/c1-2-13-4-3-5-15(18(13)21)19(25)22-10-7-14-8-11-23(16(14)12-22)17(24)6-9-20/h1,3-5,14,16H,6-12H2. The molecule has 2 saturated heterocycles. The second-order valence-corrected chi connectivity index (χ2v) is 6.49. The molecule has 0 spiro atoms. The number of hydrogen-bond donors (Lipinski definition) is 0. The van der Waals surface area contributed by atoms with Crippen LogP contribution in [0.25, 0.3) is 0 Å². The van der Waals surface area contributed by atoms with Crippen LogP contribution in [0.5, 0.6) is 0 Å². The third-order valence-corrected chi connectivity index (χ3v) is 5.16. The Balaban J connectivity index is 1.77. The molecular weight excluding hydrogens is 326 g/mol. The fourth-order valence-corrected chi connectivity index (χ4v) is 3.84. The molecule has 2 fully saturated rings. The van der Waals surface area contributed by atoms with E-state index in [4.69, 9.17) is 6.42 Å². The number of rotatable bonds is 3. The van der Waals surface area contributed by atoms with E-state index in [1.807, 2.05) is 0 Å². The number of amides is 2. The van der Waals surface area contributed by atoms with E-state index in [0.29, 0.717) is 25.6 Å². The van der Waals surface area contributed by atoms with Gasteiger partial charge in [0.1, 0.15) is 0 Å². The number of alkyl halides is 1. The summed E-state index contributed by atoms with van der Waals surface area (Å²) >= 11 is 0. The Hall–Kier alpha value is -2.42. The molecule has 0 saturated carbocycles. The maximum absolute atomic E-state index is 14.4. The number of carbonyl (C=O) groups excluding carboxylic acids is 2. The van der Waals surface area contributed by atoms with E-state index < -0.39 is 18.4 Å². The zero-order valence-corrected chi connectivity index (χ0v) is 13.9. The first-order valence-electron chi connectivity index (χ1n) is 8.46. The fraction of sp³-hybridized carbons (Fsp3) is 0.474. The van der Waals surface area contributed by atoms with Gasteiger partial charge in [-0.1, -0.05) is 12.0 Å². The van der Waals surface area contributed by atoms with Gasteiger partial charge in [0.15, 0.2) is 5.82 Å². The van der Waals surface area contributed by atoms with Gasteiger partial charge in [-0.2, -0.15) is 0 Å². The van der Waals surface area contributed by atoms with Crippen LogP contribution in [0.2, 0.25) is 0 Å². The van der Waals surface area contributed by atoms with Gasteiger partial charge in [-0.15, -0.1) is 6.42 Å². The average molecular weight is 346 g/mol. The highest BCUT2D eigenvalue weighted by molar-refractivity contribution is 5.95. The summed E-state index contributed by atoms with van der Waals surface area (Å²) in [5.41, 5.74) is 0.00915. The van der Waals surface area contributed by atoms with Crippen LogP contribution in [-0.2, 0) is 4.79 Å². The topological polar surface area (TPSA) is 40.6 Å². The molecule has 0 N–H and O–H groups in total. The molecule has 2 heterocycles. The highest BCUT2D eigenvalue weighted by Gasteiger charge is 2.41. The monoisotopic (exact) mass is 346 g/mol. The second kappa shape index (κ2) is 7.22. The average Bonchev–Trinajstić information content (AvgIpc) is 3.04. The zero-order valence-electron chi connectivity index (χ0n) is 13.9. The molecule has 2 atom stereocenters. The van der Waals surface area contributed by atoms with Crippen LogP contribution < -0.4 is 0 Å². The van der Waals surface area contributed by atoms with Crippen LogP contribution in [-0.4, -0.2) is 54.0 Å². The van der Waals surface area contributed by atoms with Gasteiger partial charge in [-0.25, -0.2) is 4.39 Å². The predicted octanol–water partition coefficient (Wildman–Crippen LogP) is 2.23. The predicted molar refractivity (Wildman–Crippen MR) is 89.1 cm³/mol. The maximum atomic E-state index is 14.4. The minimum atomic E-state index is -0.686. The van der Waals surface area contributed by atoms with E-state index in [2.05, 4.69) is 5.92 Å². The molecule has 0 bridgehead atoms. The fourth-order valence-electron chi connectivity index (χ4n) is 3.84. The molecule has 2 aliphatic heterocycles. The Kier molecular flexibility index (Phi) is 5.03. The first-order valence-corrected chi connectivity index (χ1v) is 8.46. The summed E-state index contributed by atoms with van der Waals surface area (Å²) in [6.07, 6.45) is 6.75. The highest BCUT2D eigenvalue weighted by Crippen LogP contribution is 2.33. The van der Waals surface area contributed by atoms with Crippen LogP contribution in [0, 0.1) is 24.1 Å². The number of benzene rings is 1. The summed E-state index contributed by atoms with van der Waals surface area (Å²) in [6.45, 7) is 0.780. The summed E-state index contributed by atoms with van der Waals surface area (Å²) in [5.74, 6) is 1.22. The van der Waals surface area contributed by atoms with Gasteiger partial charge in [0, 0.05) is 19.6 Å². The van der Waals surface area contributed by atoms with Gasteiger partial charge in [-0.3, -0.25) is 14.0 Å². The minimum absolute atomic E-state index is 0.0477. The molecule has 2 aliphatic rings. The molecule has 132 valence electrons. The molecule has 0 aromatic heterocycles. The van der Waals surface area contributed by atoms with Crippen molar-refractivity contribution in [2.75, 3.05) is 26.3 Å². The van der Waals surface area contributed by atoms with E-state index >= 15 is 0 Å². The van der Waals surface area contributed by atoms with Crippen LogP contribution >= 0.6 is 0 Å². The lowest BCUT2D eigenvalue weighted by molar-refractivity contribution is -0.133. The van der Waals surface area contributed by atoms with E-state index in [0.717, 1.165) is 12.8 Å². The molecular formula is C19H20F2N2O2. The van der Waals surface area contributed by atoms with Crippen molar-refractivity contribution in [3.05, 3.63) is 35.1 Å². The molecule has 2 amide bonds. The van der Waals surface area contributed by atoms with Crippen LogP contribution in [0.4, 0.5) is 8.78 Å². The Bertz CT molecular complexity index is 729. The first kappa shape index (κ1) is 17.4. The Morgan fingerprint density at radius 2 is 2.04 bits per heavy atom. The number of fused-ring (bicyclic) bond motifs is 1. The molecule has 4 nitrogen and oxygen atoms in total. The van der Waals surface area contributed by atoms with E-state index in [9.17, 15) is 18.4 Å². The van der Waals surface area contributed by atoms with Crippen molar-refractivity contribution < 1.29 is 18.4 Å². The second-order valence-electron chi connectivity index (χ2n) is 6.49. The third kappa shape index (κ3) is 3.23. The van der Waals surface area contributed by atoms with Crippen LogP contribution in [0.1, 0.15) is 35.2 Å². The number of piperidine rings is 1. The SMILES string of the molecule is C#Cc1cccc(C(=O)N2CCC3CCN(C(=O)CCF)C3C2)c1F. The summed E-state index contributed by atoms with van der Waals surface area (Å²) in [6, 6.07) is 4.32. The molecule has 2 unspecified atom stereocenters. The lowest BCUT2D eigenvalue weighted by Crippen LogP contribution is -2.51. The number of nitrogens with zero attached hydrogens (tertiary/aromatic N) is 2. The molecule has 6 heteroatoms. The third-order valence-electron chi connectivity index (χ3n) is 5.16. The largest absolute Gasteiger partial charge is 0.338 e. The summed E-state index contributed by atoms with van der Waals surface area (Å²) in [4.78, 5) is 28.1. The Labute approximate surface area is 145 Å². The molecule has 1 aromatic carbocycles. The minimum Gasteiger partial charge on any atom is -0.338 e. The number of carbonyl (C=O) groups is 2. The molecule has 3 rings (SSSR count). The smallest absolute Gasteiger partial charge is 0.256 e. The number of likely N-dealkylation sites (tertiary alicyclic amines) is 2. The normalized spacial score (nSPS) is 22.4. The Morgan fingerprint density at radius 3 is 2.76 bits per heavy atom. The lowest BCUT2D eigenvalue weighted by atomic mass is 9.91. The number of hydrogen-bond acceptors (Lipinski definition) is 2. The quantitative estimate of drug-likeness (QED) is 0.788. The Morgan fingerprint density at radius 1 is 1.28 bits per heavy atom. The molecule has 25 heavy (non-hydrogen) atoms. The van der Waals surface area contributed by atoms with Crippen molar-refractivity contribution in [1.29, 1.82) is 0 Å². The highest BCUT2D eigenvalue weighted by atomic mass is 19.1. The molecule has 0 aliphatic carbocycles. The van der Waals surface area contributed by atoms with Crippen molar-refractivity contribution in [2.24, 2.45) is 5.92 Å². The van der Waals surface area contributed by atoms with Crippen molar-refractivity contribution in [1.82, 2.24) is 9.80 Å². The maximum Gasteiger partial charge on any atom is 0.256 e. The van der Waals surface area contributed by atoms with Gasteiger partial charge >= 0.3 is 0 Å². The van der Waals surface area contributed by atoms with E-state index in [1.165, 1.54) is 12.1 Å². The van der Waals surface area contributed by atoms with Crippen molar-refractivity contribution in [3.8, 4) is 12.3 Å². The molecule has 0 radical (unpaired) electrons. The van der Waals surface area contributed by atoms with Crippen molar-refractivity contribution in [3.63, 3.8) is 0 Å². The van der Waals surface area contributed by atoms with Crippen molar-refractivity contribution >= 4 is 11.8 Å². The van der Waals surface area contributed by atoms with Crippen LogP contribution in [0.15, 0.2) is 18.2 Å². The zero-order chi connectivity index (χ0) is 18.0. The lowest BCUT2D eigenvalue weighted by Gasteiger charge is -2.38. The van der Waals surface area contributed by atoms with Crippen LogP contribution in [0.3, 0.4) is 0 Å². The van der Waals surface area contributed by atoms with Gasteiger partial charge < -0.3 is 9.80 Å². The summed E-state index contributed by atoms with van der Waals surface area (Å²) in [7, 11) is 0. The van der Waals surface area contributed by atoms with Gasteiger partial charge in [0.25, 0.3) is 5.91 Å². The van der Waals surface area contributed by atoms with Crippen molar-refractivity contribution in [2.45, 2.75) is 25.3 Å². The summed E-state index contributed by atoms with van der Waals surface area (Å²) in [5, 5.41) is 0. The van der Waals surface area contributed by atoms with Gasteiger partial charge in [-0.05, 0) is 30.9 Å². The summed E-state index contributed by atoms with van der Waals surface area (Å²) < 4.78 is 26.8. The molecule has 1 aromatic rings. The van der Waals surface area contributed by atoms with E-state index in [-0.39, 0.29) is 29.5 Å². The number of halogens is 2. The van der Waals surface area contributed by atoms with Gasteiger partial charge in [0.2, 0.25) is 5.91 Å². The van der Waals surface area contributed by atoms with E-state index in [1.54, 1.807) is 15.9 Å².